The molecule has 0 saturated carbocycles. The zero-order valence-electron chi connectivity index (χ0n) is 13.3. The monoisotopic (exact) mass is 366 g/mol. The summed E-state index contributed by atoms with van der Waals surface area (Å²) in [5, 5.41) is 10.6. The van der Waals surface area contributed by atoms with Crippen LogP contribution in [0.4, 0.5) is 15.6 Å². The van der Waals surface area contributed by atoms with Crippen LogP contribution >= 0.6 is 22.9 Å². The summed E-state index contributed by atoms with van der Waals surface area (Å²) in [4.78, 5) is 28.0. The largest absolute Gasteiger partial charge is 0.351 e. The highest BCUT2D eigenvalue weighted by atomic mass is 35.5. The van der Waals surface area contributed by atoms with Gasteiger partial charge in [0.05, 0.1) is 0 Å². The van der Waals surface area contributed by atoms with Crippen molar-refractivity contribution in [2.75, 3.05) is 17.2 Å². The Kier molecular flexibility index (Phi) is 7.02. The molecule has 0 atom stereocenters. The second-order valence-corrected chi connectivity index (χ2v) is 6.38. The van der Waals surface area contributed by atoms with Gasteiger partial charge in [-0.05, 0) is 24.6 Å². The van der Waals surface area contributed by atoms with Crippen molar-refractivity contribution in [3.05, 3.63) is 40.4 Å². The highest BCUT2D eigenvalue weighted by Crippen LogP contribution is 2.17. The van der Waals surface area contributed by atoms with E-state index in [1.54, 1.807) is 29.6 Å². The van der Waals surface area contributed by atoms with E-state index in [-0.39, 0.29) is 5.91 Å². The van der Waals surface area contributed by atoms with Gasteiger partial charge < -0.3 is 10.6 Å². The van der Waals surface area contributed by atoms with E-state index in [2.05, 4.69) is 27.9 Å². The number of benzene rings is 1. The van der Waals surface area contributed by atoms with Gasteiger partial charge >= 0.3 is 6.03 Å². The fraction of sp³-hybridized carbons (Fsp3) is 0.312. The average molecular weight is 367 g/mol. The molecule has 2 aromatic rings. The molecule has 2 rings (SSSR count). The number of hydrogen-bond acceptors (Lipinski definition) is 4. The third-order valence-corrected chi connectivity index (χ3v) is 4.10. The van der Waals surface area contributed by atoms with Gasteiger partial charge in [-0.3, -0.25) is 10.1 Å². The fourth-order valence-corrected chi connectivity index (χ4v) is 2.80. The number of thiazole rings is 1. The zero-order chi connectivity index (χ0) is 17.4. The van der Waals surface area contributed by atoms with Gasteiger partial charge in [-0.1, -0.05) is 37.4 Å². The Morgan fingerprint density at radius 3 is 2.83 bits per heavy atom. The number of nitrogens with zero attached hydrogens (tertiary/aromatic N) is 1. The van der Waals surface area contributed by atoms with E-state index in [0.717, 1.165) is 19.3 Å². The Labute approximate surface area is 149 Å². The maximum atomic E-state index is 11.9. The van der Waals surface area contributed by atoms with Gasteiger partial charge in [0.2, 0.25) is 0 Å². The molecule has 1 heterocycles. The molecule has 6 nitrogen and oxygen atoms in total. The van der Waals surface area contributed by atoms with E-state index in [9.17, 15) is 9.59 Å². The molecule has 0 aliphatic heterocycles. The summed E-state index contributed by atoms with van der Waals surface area (Å²) in [6.45, 7) is 2.73. The Hall–Kier alpha value is -2.12. The van der Waals surface area contributed by atoms with Gasteiger partial charge in [-0.25, -0.2) is 9.78 Å². The van der Waals surface area contributed by atoms with Crippen LogP contribution in [0, 0.1) is 0 Å². The first-order chi connectivity index (χ1) is 11.6. The molecule has 0 saturated heterocycles. The third-order valence-electron chi connectivity index (χ3n) is 3.11. The number of anilines is 2. The van der Waals surface area contributed by atoms with Gasteiger partial charge in [-0.15, -0.1) is 11.3 Å². The van der Waals surface area contributed by atoms with Gasteiger partial charge in [0, 0.05) is 22.6 Å². The normalized spacial score (nSPS) is 10.2. The predicted molar refractivity (Wildman–Crippen MR) is 98.1 cm³/mol. The standard InChI is InChI=1S/C16H19ClN4O2S/c1-2-3-4-8-18-14(22)13-10-24-16(20-13)21-15(23)19-12-7-5-6-11(17)9-12/h5-7,9-10H,2-4,8H2,1H3,(H,18,22)(H2,19,20,21,23). The molecule has 0 radical (unpaired) electrons. The van der Waals surface area contributed by atoms with Crippen LogP contribution in [0.5, 0.6) is 0 Å². The first-order valence-electron chi connectivity index (χ1n) is 7.65. The summed E-state index contributed by atoms with van der Waals surface area (Å²) >= 11 is 7.06. The Bertz CT molecular complexity index is 705. The van der Waals surface area contributed by atoms with Gasteiger partial charge in [0.1, 0.15) is 5.69 Å². The molecule has 24 heavy (non-hydrogen) atoms. The number of halogens is 1. The molecule has 128 valence electrons. The summed E-state index contributed by atoms with van der Waals surface area (Å²) in [6, 6.07) is 6.38. The number of unbranched alkanes of at least 4 members (excludes halogenated alkanes) is 2. The van der Waals surface area contributed by atoms with E-state index in [0.29, 0.717) is 28.1 Å². The minimum Gasteiger partial charge on any atom is -0.351 e. The van der Waals surface area contributed by atoms with E-state index >= 15 is 0 Å². The highest BCUT2D eigenvalue weighted by molar-refractivity contribution is 7.14. The van der Waals surface area contributed by atoms with Crippen LogP contribution in [0.2, 0.25) is 5.02 Å². The Morgan fingerprint density at radius 2 is 2.08 bits per heavy atom. The minimum atomic E-state index is -0.443. The number of rotatable bonds is 7. The minimum absolute atomic E-state index is 0.231. The smallest absolute Gasteiger partial charge is 0.325 e. The van der Waals surface area contributed by atoms with Crippen LogP contribution in [-0.4, -0.2) is 23.5 Å². The molecular weight excluding hydrogens is 348 g/mol. The molecule has 0 unspecified atom stereocenters. The summed E-state index contributed by atoms with van der Waals surface area (Å²) in [5.41, 5.74) is 0.875. The number of hydrogen-bond donors (Lipinski definition) is 3. The molecule has 1 aromatic heterocycles. The van der Waals surface area contributed by atoms with Crippen LogP contribution in [0.25, 0.3) is 0 Å². The number of amides is 3. The number of carbonyl (C=O) groups excluding carboxylic acids is 2. The van der Waals surface area contributed by atoms with E-state index < -0.39 is 6.03 Å². The molecule has 0 fully saturated rings. The fourth-order valence-electron chi connectivity index (χ4n) is 1.93. The number of aromatic nitrogens is 1. The van der Waals surface area contributed by atoms with Crippen molar-refractivity contribution >= 4 is 45.7 Å². The van der Waals surface area contributed by atoms with Crippen molar-refractivity contribution in [2.45, 2.75) is 26.2 Å². The molecule has 8 heteroatoms. The first-order valence-corrected chi connectivity index (χ1v) is 8.91. The second kappa shape index (κ2) is 9.24. The molecule has 0 bridgehead atoms. The molecule has 0 aliphatic rings. The molecule has 0 aliphatic carbocycles. The van der Waals surface area contributed by atoms with Crippen molar-refractivity contribution in [2.24, 2.45) is 0 Å². The van der Waals surface area contributed by atoms with Gasteiger partial charge in [0.25, 0.3) is 5.91 Å². The number of nitrogens with one attached hydrogen (secondary N) is 3. The Morgan fingerprint density at radius 1 is 1.25 bits per heavy atom. The maximum absolute atomic E-state index is 11.9. The lowest BCUT2D eigenvalue weighted by molar-refractivity contribution is 0.0948. The van der Waals surface area contributed by atoms with Crippen molar-refractivity contribution in [3.8, 4) is 0 Å². The maximum Gasteiger partial charge on any atom is 0.325 e. The van der Waals surface area contributed by atoms with Crippen LogP contribution in [-0.2, 0) is 0 Å². The van der Waals surface area contributed by atoms with E-state index in [1.165, 1.54) is 11.3 Å². The molecular formula is C16H19ClN4O2S. The van der Waals surface area contributed by atoms with Crippen molar-refractivity contribution in [3.63, 3.8) is 0 Å². The van der Waals surface area contributed by atoms with Gasteiger partial charge in [-0.2, -0.15) is 0 Å². The molecule has 3 amide bonds. The number of carbonyl (C=O) groups is 2. The average Bonchev–Trinajstić information content (AvgIpc) is 2.99. The summed E-state index contributed by atoms with van der Waals surface area (Å²) in [6.07, 6.45) is 3.12. The van der Waals surface area contributed by atoms with Crippen LogP contribution in [0.3, 0.4) is 0 Å². The van der Waals surface area contributed by atoms with Crippen molar-refractivity contribution in [1.82, 2.24) is 10.3 Å². The van der Waals surface area contributed by atoms with Crippen LogP contribution < -0.4 is 16.0 Å². The molecule has 1 aromatic carbocycles. The zero-order valence-corrected chi connectivity index (χ0v) is 14.8. The topological polar surface area (TPSA) is 83.1 Å². The quantitative estimate of drug-likeness (QED) is 0.636. The highest BCUT2D eigenvalue weighted by Gasteiger charge is 2.12. The predicted octanol–water partition coefficient (Wildman–Crippen LogP) is 4.36. The summed E-state index contributed by atoms with van der Waals surface area (Å²) < 4.78 is 0. The van der Waals surface area contributed by atoms with Crippen LogP contribution in [0.15, 0.2) is 29.6 Å². The van der Waals surface area contributed by atoms with Crippen molar-refractivity contribution in [1.29, 1.82) is 0 Å². The van der Waals surface area contributed by atoms with E-state index in [1.807, 2.05) is 0 Å². The summed E-state index contributed by atoms with van der Waals surface area (Å²) in [5.74, 6) is -0.231. The van der Waals surface area contributed by atoms with Crippen molar-refractivity contribution < 1.29 is 9.59 Å². The number of urea groups is 1. The SMILES string of the molecule is CCCCCNC(=O)c1csc(NC(=O)Nc2cccc(Cl)c2)n1. The lowest BCUT2D eigenvalue weighted by Crippen LogP contribution is -2.25. The lowest BCUT2D eigenvalue weighted by Gasteiger charge is -2.05. The van der Waals surface area contributed by atoms with E-state index in [4.69, 9.17) is 11.6 Å². The van der Waals surface area contributed by atoms with Gasteiger partial charge in [0.15, 0.2) is 5.13 Å². The third kappa shape index (κ3) is 5.82. The molecule has 0 spiro atoms. The first kappa shape index (κ1) is 18.2. The summed E-state index contributed by atoms with van der Waals surface area (Å²) in [7, 11) is 0. The van der Waals surface area contributed by atoms with Crippen LogP contribution in [0.1, 0.15) is 36.7 Å². The second-order valence-electron chi connectivity index (χ2n) is 5.09. The lowest BCUT2D eigenvalue weighted by atomic mass is 10.2. The Balaban J connectivity index is 1.84. The molecule has 3 N–H and O–H groups in total.